The summed E-state index contributed by atoms with van der Waals surface area (Å²) in [5, 5.41) is 6.74. The van der Waals surface area contributed by atoms with Gasteiger partial charge in [0.05, 0.1) is 7.11 Å². The van der Waals surface area contributed by atoms with Crippen molar-refractivity contribution in [1.29, 1.82) is 0 Å². The van der Waals surface area contributed by atoms with Gasteiger partial charge in [0.2, 0.25) is 0 Å². The van der Waals surface area contributed by atoms with Crippen LogP contribution in [0.1, 0.15) is 33.1 Å². The van der Waals surface area contributed by atoms with E-state index in [0.29, 0.717) is 12.0 Å². The average molecular weight is 228 g/mol. The number of rotatable bonds is 6. The van der Waals surface area contributed by atoms with Crippen molar-refractivity contribution in [2.45, 2.75) is 45.2 Å². The van der Waals surface area contributed by atoms with Gasteiger partial charge in [-0.15, -0.1) is 0 Å². The molecule has 0 aliphatic carbocycles. The van der Waals surface area contributed by atoms with Crippen molar-refractivity contribution in [2.24, 2.45) is 5.92 Å². The van der Waals surface area contributed by atoms with E-state index in [9.17, 15) is 4.79 Å². The summed E-state index contributed by atoms with van der Waals surface area (Å²) < 4.78 is 4.83. The van der Waals surface area contributed by atoms with Crippen LogP contribution in [0.4, 0.5) is 0 Å². The van der Waals surface area contributed by atoms with Gasteiger partial charge in [0.25, 0.3) is 0 Å². The minimum atomic E-state index is -0.169. The van der Waals surface area contributed by atoms with E-state index in [1.165, 1.54) is 20.0 Å². The maximum absolute atomic E-state index is 11.6. The maximum atomic E-state index is 11.6. The second-order valence-corrected chi connectivity index (χ2v) is 4.59. The second kappa shape index (κ2) is 6.86. The van der Waals surface area contributed by atoms with Crippen molar-refractivity contribution in [3.05, 3.63) is 0 Å². The predicted molar refractivity (Wildman–Crippen MR) is 64.3 cm³/mol. The van der Waals surface area contributed by atoms with Crippen LogP contribution in [0.25, 0.3) is 0 Å². The number of nitrogens with one attached hydrogen (secondary N) is 2. The summed E-state index contributed by atoms with van der Waals surface area (Å²) in [4.78, 5) is 11.6. The third-order valence-corrected chi connectivity index (χ3v) is 3.41. The molecule has 3 unspecified atom stereocenters. The molecule has 0 spiro atoms. The van der Waals surface area contributed by atoms with Gasteiger partial charge in [-0.3, -0.25) is 4.79 Å². The fourth-order valence-corrected chi connectivity index (χ4v) is 2.08. The van der Waals surface area contributed by atoms with Gasteiger partial charge in [0.15, 0.2) is 0 Å². The van der Waals surface area contributed by atoms with Crippen LogP contribution >= 0.6 is 0 Å². The molecule has 1 rings (SSSR count). The molecule has 16 heavy (non-hydrogen) atoms. The van der Waals surface area contributed by atoms with E-state index in [0.717, 1.165) is 19.5 Å². The molecular weight excluding hydrogens is 204 g/mol. The number of carbonyl (C=O) groups is 1. The molecule has 1 aliphatic heterocycles. The lowest BCUT2D eigenvalue weighted by Gasteiger charge is -2.23. The van der Waals surface area contributed by atoms with Gasteiger partial charge in [0, 0.05) is 12.6 Å². The first kappa shape index (κ1) is 13.5. The predicted octanol–water partition coefficient (Wildman–Crippen LogP) is 0.916. The molecule has 0 saturated carbocycles. The molecule has 1 aliphatic rings. The highest BCUT2D eigenvalue weighted by Crippen LogP contribution is 2.10. The van der Waals surface area contributed by atoms with Gasteiger partial charge < -0.3 is 15.4 Å². The Balaban J connectivity index is 2.39. The third kappa shape index (κ3) is 3.76. The van der Waals surface area contributed by atoms with Gasteiger partial charge in [0.1, 0.15) is 6.04 Å². The van der Waals surface area contributed by atoms with Crippen molar-refractivity contribution < 1.29 is 9.53 Å². The summed E-state index contributed by atoms with van der Waals surface area (Å²) in [6, 6.07) is 0.341. The SMILES string of the molecule is CCC(C)C(NCC1CCCN1)C(=O)OC. The van der Waals surface area contributed by atoms with Crippen molar-refractivity contribution in [3.63, 3.8) is 0 Å². The highest BCUT2D eigenvalue weighted by Gasteiger charge is 2.25. The largest absolute Gasteiger partial charge is 0.468 e. The molecule has 0 radical (unpaired) electrons. The highest BCUT2D eigenvalue weighted by molar-refractivity contribution is 5.75. The molecule has 0 bridgehead atoms. The monoisotopic (exact) mass is 228 g/mol. The molecule has 4 heteroatoms. The van der Waals surface area contributed by atoms with Crippen LogP contribution in [0, 0.1) is 5.92 Å². The lowest BCUT2D eigenvalue weighted by molar-refractivity contribution is -0.144. The molecule has 2 N–H and O–H groups in total. The van der Waals surface area contributed by atoms with Gasteiger partial charge >= 0.3 is 5.97 Å². The van der Waals surface area contributed by atoms with E-state index < -0.39 is 0 Å². The van der Waals surface area contributed by atoms with Crippen LogP contribution in [-0.4, -0.2) is 38.3 Å². The molecule has 4 nitrogen and oxygen atoms in total. The molecular formula is C12H24N2O2. The van der Waals surface area contributed by atoms with Gasteiger partial charge in [-0.05, 0) is 25.3 Å². The normalized spacial score (nSPS) is 24.1. The minimum Gasteiger partial charge on any atom is -0.468 e. The molecule has 3 atom stereocenters. The molecule has 0 aromatic rings. The first-order chi connectivity index (χ1) is 7.69. The smallest absolute Gasteiger partial charge is 0.323 e. The van der Waals surface area contributed by atoms with Gasteiger partial charge in [-0.25, -0.2) is 0 Å². The van der Waals surface area contributed by atoms with E-state index in [1.54, 1.807) is 0 Å². The quantitative estimate of drug-likeness (QED) is 0.664. The van der Waals surface area contributed by atoms with E-state index >= 15 is 0 Å². The van der Waals surface area contributed by atoms with Crippen LogP contribution < -0.4 is 10.6 Å². The van der Waals surface area contributed by atoms with Crippen molar-refractivity contribution in [2.75, 3.05) is 20.2 Å². The van der Waals surface area contributed by atoms with Crippen molar-refractivity contribution in [1.82, 2.24) is 10.6 Å². The Morgan fingerprint density at radius 1 is 1.62 bits per heavy atom. The van der Waals surface area contributed by atoms with Gasteiger partial charge in [-0.1, -0.05) is 20.3 Å². The minimum absolute atomic E-state index is 0.146. The molecule has 0 aromatic heterocycles. The van der Waals surface area contributed by atoms with E-state index in [1.807, 2.05) is 0 Å². The number of carbonyl (C=O) groups excluding carboxylic acids is 1. The number of ether oxygens (including phenoxy) is 1. The number of methoxy groups -OCH3 is 1. The number of hydrogen-bond acceptors (Lipinski definition) is 4. The van der Waals surface area contributed by atoms with E-state index in [-0.39, 0.29) is 12.0 Å². The topological polar surface area (TPSA) is 50.4 Å². The third-order valence-electron chi connectivity index (χ3n) is 3.41. The van der Waals surface area contributed by atoms with Crippen molar-refractivity contribution in [3.8, 4) is 0 Å². The number of hydrogen-bond donors (Lipinski definition) is 2. The van der Waals surface area contributed by atoms with Crippen LogP contribution in [-0.2, 0) is 9.53 Å². The lowest BCUT2D eigenvalue weighted by atomic mass is 9.99. The average Bonchev–Trinajstić information content (AvgIpc) is 2.81. The first-order valence-electron chi connectivity index (χ1n) is 6.23. The summed E-state index contributed by atoms with van der Waals surface area (Å²) in [5.41, 5.74) is 0. The molecule has 1 fully saturated rings. The lowest BCUT2D eigenvalue weighted by Crippen LogP contribution is -2.47. The van der Waals surface area contributed by atoms with E-state index in [4.69, 9.17) is 4.74 Å². The first-order valence-corrected chi connectivity index (χ1v) is 6.23. The molecule has 0 aromatic carbocycles. The summed E-state index contributed by atoms with van der Waals surface area (Å²) in [6.07, 6.45) is 3.41. The maximum Gasteiger partial charge on any atom is 0.323 e. The summed E-state index contributed by atoms with van der Waals surface area (Å²) in [5.74, 6) is 0.168. The highest BCUT2D eigenvalue weighted by atomic mass is 16.5. The summed E-state index contributed by atoms with van der Waals surface area (Å²) in [6.45, 7) is 6.12. The summed E-state index contributed by atoms with van der Waals surface area (Å²) in [7, 11) is 1.45. The fraction of sp³-hybridized carbons (Fsp3) is 0.917. The standard InChI is InChI=1S/C12H24N2O2/c1-4-9(2)11(12(15)16-3)14-8-10-6-5-7-13-10/h9-11,13-14H,4-8H2,1-3H3. The Kier molecular flexibility index (Phi) is 5.77. The van der Waals surface area contributed by atoms with E-state index in [2.05, 4.69) is 24.5 Å². The van der Waals surface area contributed by atoms with Crippen LogP contribution in [0.2, 0.25) is 0 Å². The Morgan fingerprint density at radius 2 is 2.38 bits per heavy atom. The fourth-order valence-electron chi connectivity index (χ4n) is 2.08. The number of esters is 1. The van der Waals surface area contributed by atoms with Crippen LogP contribution in [0.5, 0.6) is 0 Å². The Hall–Kier alpha value is -0.610. The zero-order valence-electron chi connectivity index (χ0n) is 10.6. The van der Waals surface area contributed by atoms with Crippen LogP contribution in [0.3, 0.4) is 0 Å². The zero-order valence-corrected chi connectivity index (χ0v) is 10.6. The molecule has 0 amide bonds. The summed E-state index contributed by atoms with van der Waals surface area (Å²) >= 11 is 0. The van der Waals surface area contributed by atoms with Crippen molar-refractivity contribution >= 4 is 5.97 Å². The van der Waals surface area contributed by atoms with Crippen LogP contribution in [0.15, 0.2) is 0 Å². The Labute approximate surface area is 98.1 Å². The Bertz CT molecular complexity index is 215. The molecule has 94 valence electrons. The molecule has 1 heterocycles. The molecule has 1 saturated heterocycles. The zero-order chi connectivity index (χ0) is 12.0. The second-order valence-electron chi connectivity index (χ2n) is 4.59. The Morgan fingerprint density at radius 3 is 2.88 bits per heavy atom. The van der Waals surface area contributed by atoms with Gasteiger partial charge in [-0.2, -0.15) is 0 Å².